The van der Waals surface area contributed by atoms with Crippen LogP contribution < -0.4 is 5.73 Å². The molecule has 1 heterocycles. The van der Waals surface area contributed by atoms with Crippen molar-refractivity contribution >= 4 is 11.9 Å². The fraction of sp³-hybridized carbons (Fsp3) is 0.875. The predicted molar refractivity (Wildman–Crippen MR) is 80.6 cm³/mol. The van der Waals surface area contributed by atoms with Gasteiger partial charge in [-0.2, -0.15) is 0 Å². The summed E-state index contributed by atoms with van der Waals surface area (Å²) in [5.74, 6) is 0.0688. The molecule has 0 aromatic heterocycles. The molecule has 3 fully saturated rings. The zero-order chi connectivity index (χ0) is 15.0. The van der Waals surface area contributed by atoms with Gasteiger partial charge in [-0.25, -0.2) is 4.79 Å². The van der Waals surface area contributed by atoms with Crippen LogP contribution in [0.25, 0.3) is 0 Å². The number of likely N-dealkylation sites (tertiary alicyclic amines) is 1. The van der Waals surface area contributed by atoms with E-state index in [-0.39, 0.29) is 17.9 Å². The van der Waals surface area contributed by atoms with Gasteiger partial charge < -0.3 is 15.5 Å². The maximum Gasteiger partial charge on any atom is 0.320 e. The highest BCUT2D eigenvalue weighted by Crippen LogP contribution is 2.48. The summed E-state index contributed by atoms with van der Waals surface area (Å²) < 4.78 is 0. The molecule has 1 saturated heterocycles. The van der Waals surface area contributed by atoms with Crippen LogP contribution in [-0.4, -0.2) is 47.9 Å². The zero-order valence-corrected chi connectivity index (χ0v) is 13.0. The third-order valence-corrected chi connectivity index (χ3v) is 6.06. The number of carbonyl (C=O) groups excluding carboxylic acids is 2. The summed E-state index contributed by atoms with van der Waals surface area (Å²) in [4.78, 5) is 28.4. The van der Waals surface area contributed by atoms with Crippen molar-refractivity contribution < 1.29 is 9.59 Å². The van der Waals surface area contributed by atoms with Gasteiger partial charge in [0, 0.05) is 26.2 Å². The van der Waals surface area contributed by atoms with Gasteiger partial charge in [-0.05, 0) is 31.6 Å². The highest BCUT2D eigenvalue weighted by Gasteiger charge is 2.55. The van der Waals surface area contributed by atoms with Crippen molar-refractivity contribution in [2.75, 3.05) is 20.1 Å². The normalized spacial score (nSPS) is 33.0. The molecule has 1 aliphatic heterocycles. The average Bonchev–Trinajstić information content (AvgIpc) is 3.04. The van der Waals surface area contributed by atoms with Crippen LogP contribution in [0.15, 0.2) is 0 Å². The van der Waals surface area contributed by atoms with Crippen molar-refractivity contribution in [2.24, 2.45) is 17.1 Å². The second-order valence-corrected chi connectivity index (χ2v) is 7.18. The summed E-state index contributed by atoms with van der Waals surface area (Å²) in [7, 11) is 1.92. The van der Waals surface area contributed by atoms with Crippen molar-refractivity contribution in [1.29, 1.82) is 0 Å². The molecule has 118 valence electrons. The van der Waals surface area contributed by atoms with Gasteiger partial charge in [0.05, 0.1) is 5.41 Å². The summed E-state index contributed by atoms with van der Waals surface area (Å²) in [6.07, 6.45) is 8.89. The fourth-order valence-corrected chi connectivity index (χ4v) is 4.69. The highest BCUT2D eigenvalue weighted by atomic mass is 16.2. The third kappa shape index (κ3) is 2.40. The molecular formula is C16H27N3O2. The number of rotatable bonds is 2. The lowest BCUT2D eigenvalue weighted by molar-refractivity contribution is -0.128. The number of hydrogen-bond donors (Lipinski definition) is 1. The van der Waals surface area contributed by atoms with Crippen molar-refractivity contribution in [2.45, 2.75) is 57.4 Å². The van der Waals surface area contributed by atoms with Crippen LogP contribution in [0.2, 0.25) is 0 Å². The minimum Gasteiger partial charge on any atom is -0.369 e. The Kier molecular flexibility index (Phi) is 3.84. The zero-order valence-electron chi connectivity index (χ0n) is 13.0. The van der Waals surface area contributed by atoms with E-state index in [0.29, 0.717) is 19.1 Å². The van der Waals surface area contributed by atoms with E-state index in [4.69, 9.17) is 5.73 Å². The van der Waals surface area contributed by atoms with E-state index in [0.717, 1.165) is 32.1 Å². The van der Waals surface area contributed by atoms with Crippen molar-refractivity contribution in [3.63, 3.8) is 0 Å². The van der Waals surface area contributed by atoms with Crippen molar-refractivity contribution in [3.05, 3.63) is 0 Å². The van der Waals surface area contributed by atoms with E-state index in [2.05, 4.69) is 0 Å². The van der Waals surface area contributed by atoms with Gasteiger partial charge in [0.15, 0.2) is 0 Å². The van der Waals surface area contributed by atoms with Gasteiger partial charge in [0.1, 0.15) is 0 Å². The number of fused-ring (bicyclic) bond motifs is 1. The topological polar surface area (TPSA) is 66.6 Å². The van der Waals surface area contributed by atoms with Crippen LogP contribution in [0.4, 0.5) is 4.79 Å². The standard InChI is InChI=1S/C16H27N3O2/c1-18(13-7-3-2-4-8-13)15(21)19-10-12-6-5-9-16(12,11-19)14(17)20/h12-13H,2-11H2,1H3,(H2,17,20)/t12-,16-/m0/s1. The van der Waals surface area contributed by atoms with Crippen molar-refractivity contribution in [3.8, 4) is 0 Å². The first-order valence-electron chi connectivity index (χ1n) is 8.36. The SMILES string of the molecule is CN(C(=O)N1C[C@@H]2CCC[C@]2(C(N)=O)C1)C1CCCCC1. The van der Waals surface area contributed by atoms with Gasteiger partial charge >= 0.3 is 6.03 Å². The van der Waals surface area contributed by atoms with E-state index in [1.165, 1.54) is 19.3 Å². The lowest BCUT2D eigenvalue weighted by atomic mass is 9.80. The van der Waals surface area contributed by atoms with Gasteiger partial charge in [0.2, 0.25) is 5.91 Å². The number of nitrogens with two attached hydrogens (primary N) is 1. The first-order valence-corrected chi connectivity index (χ1v) is 8.36. The lowest BCUT2D eigenvalue weighted by Gasteiger charge is -2.34. The molecule has 0 radical (unpaired) electrons. The second kappa shape index (κ2) is 5.50. The molecule has 5 heteroatoms. The van der Waals surface area contributed by atoms with E-state index in [1.54, 1.807) is 0 Å². The Morgan fingerprint density at radius 2 is 1.86 bits per heavy atom. The monoisotopic (exact) mass is 293 g/mol. The van der Waals surface area contributed by atoms with Crippen LogP contribution in [-0.2, 0) is 4.79 Å². The van der Waals surface area contributed by atoms with Crippen LogP contribution in [0.1, 0.15) is 51.4 Å². The Labute approximate surface area is 126 Å². The van der Waals surface area contributed by atoms with E-state index in [1.807, 2.05) is 16.8 Å². The fourth-order valence-electron chi connectivity index (χ4n) is 4.69. The number of hydrogen-bond acceptors (Lipinski definition) is 2. The molecule has 21 heavy (non-hydrogen) atoms. The molecule has 0 aromatic rings. The molecule has 3 rings (SSSR count). The number of urea groups is 1. The summed E-state index contributed by atoms with van der Waals surface area (Å²) in [5, 5.41) is 0. The van der Waals surface area contributed by atoms with Gasteiger partial charge in [-0.15, -0.1) is 0 Å². The molecule has 2 saturated carbocycles. The molecule has 2 aliphatic carbocycles. The Morgan fingerprint density at radius 1 is 1.14 bits per heavy atom. The quantitative estimate of drug-likeness (QED) is 0.845. The van der Waals surface area contributed by atoms with Crippen LogP contribution in [0.3, 0.4) is 0 Å². The average molecular weight is 293 g/mol. The minimum absolute atomic E-state index is 0.0944. The van der Waals surface area contributed by atoms with E-state index >= 15 is 0 Å². The molecular weight excluding hydrogens is 266 g/mol. The summed E-state index contributed by atoms with van der Waals surface area (Å²) in [6, 6.07) is 0.466. The highest BCUT2D eigenvalue weighted by molar-refractivity contribution is 5.84. The molecule has 0 aromatic carbocycles. The Bertz CT molecular complexity index is 433. The van der Waals surface area contributed by atoms with Gasteiger partial charge in [-0.1, -0.05) is 25.7 Å². The predicted octanol–water partition coefficient (Wildman–Crippen LogP) is 1.96. The molecule has 0 unspecified atom stereocenters. The Morgan fingerprint density at radius 3 is 2.48 bits per heavy atom. The third-order valence-electron chi connectivity index (χ3n) is 6.06. The first-order chi connectivity index (χ1) is 10.0. The molecule has 0 spiro atoms. The summed E-state index contributed by atoms with van der Waals surface area (Å²) in [6.45, 7) is 1.24. The smallest absolute Gasteiger partial charge is 0.320 e. The second-order valence-electron chi connectivity index (χ2n) is 7.18. The van der Waals surface area contributed by atoms with Crippen LogP contribution in [0, 0.1) is 11.3 Å². The molecule has 3 aliphatic rings. The number of amides is 3. The number of primary amides is 1. The lowest BCUT2D eigenvalue weighted by Crippen LogP contribution is -2.47. The van der Waals surface area contributed by atoms with Gasteiger partial charge in [-0.3, -0.25) is 4.79 Å². The minimum atomic E-state index is -0.441. The molecule has 2 atom stereocenters. The Hall–Kier alpha value is -1.26. The number of carbonyl (C=O) groups is 2. The molecule has 0 bridgehead atoms. The van der Waals surface area contributed by atoms with Crippen LogP contribution in [0.5, 0.6) is 0 Å². The first kappa shape index (κ1) is 14.7. The summed E-state index contributed by atoms with van der Waals surface area (Å²) >= 11 is 0. The largest absolute Gasteiger partial charge is 0.369 e. The molecule has 3 amide bonds. The molecule has 2 N–H and O–H groups in total. The molecule has 5 nitrogen and oxygen atoms in total. The maximum absolute atomic E-state index is 12.7. The number of nitrogens with zero attached hydrogens (tertiary/aromatic N) is 2. The van der Waals surface area contributed by atoms with Gasteiger partial charge in [0.25, 0.3) is 0 Å². The van der Waals surface area contributed by atoms with Crippen LogP contribution >= 0.6 is 0 Å². The Balaban J connectivity index is 1.68. The summed E-state index contributed by atoms with van der Waals surface area (Å²) in [5.41, 5.74) is 5.22. The van der Waals surface area contributed by atoms with E-state index in [9.17, 15) is 9.59 Å². The van der Waals surface area contributed by atoms with E-state index < -0.39 is 5.41 Å². The van der Waals surface area contributed by atoms with Crippen molar-refractivity contribution in [1.82, 2.24) is 9.80 Å². The maximum atomic E-state index is 12.7.